The van der Waals surface area contributed by atoms with Crippen molar-refractivity contribution < 1.29 is 13.2 Å². The average molecular weight is 344 g/mol. The molecule has 23 heavy (non-hydrogen) atoms. The number of methoxy groups -OCH3 is 1. The van der Waals surface area contributed by atoms with Crippen molar-refractivity contribution in [1.29, 1.82) is 0 Å². The Morgan fingerprint density at radius 2 is 2.17 bits per heavy atom. The fourth-order valence-corrected chi connectivity index (χ4v) is 4.49. The monoisotopic (exact) mass is 344 g/mol. The number of aryl methyl sites for hydroxylation is 1. The molecule has 7 nitrogen and oxygen atoms in total. The molecular formula is C15H28N4O3S. The number of nitrogens with zero attached hydrogens (tertiary/aromatic N) is 4. The van der Waals surface area contributed by atoms with Gasteiger partial charge in [-0.1, -0.05) is 0 Å². The molecule has 2 heterocycles. The first-order valence-electron chi connectivity index (χ1n) is 7.98. The van der Waals surface area contributed by atoms with Crippen LogP contribution < -0.4 is 0 Å². The smallest absolute Gasteiger partial charge is 0.216 e. The molecule has 0 aliphatic carbocycles. The van der Waals surface area contributed by atoms with Gasteiger partial charge in [-0.25, -0.2) is 12.7 Å². The number of hydrogen-bond donors (Lipinski definition) is 0. The minimum absolute atomic E-state index is 0.0267. The zero-order valence-electron chi connectivity index (χ0n) is 14.5. The first-order chi connectivity index (χ1) is 10.9. The fraction of sp³-hybridized carbons (Fsp3) is 0.800. The standard InChI is InChI=1S/C15H28N4O3S/c1-17-9-5-6-13(15(17)14-7-8-16-19(14)3)12-18(2)23(20,21)11-10-22-4/h7-8,13,15H,5-6,9-12H2,1-4H3/t13-,15+/m0/s1. The van der Waals surface area contributed by atoms with Gasteiger partial charge in [0.1, 0.15) is 0 Å². The Morgan fingerprint density at radius 1 is 1.43 bits per heavy atom. The second-order valence-corrected chi connectivity index (χ2v) is 8.49. The van der Waals surface area contributed by atoms with Crippen LogP contribution in [0.4, 0.5) is 0 Å². The molecule has 1 aromatic heterocycles. The molecule has 0 unspecified atom stereocenters. The third-order valence-electron chi connectivity index (χ3n) is 4.68. The van der Waals surface area contributed by atoms with Crippen molar-refractivity contribution >= 4 is 10.0 Å². The second-order valence-electron chi connectivity index (χ2n) is 6.30. The minimum atomic E-state index is -3.27. The molecule has 0 bridgehead atoms. The molecule has 8 heteroatoms. The molecule has 1 fully saturated rings. The van der Waals surface area contributed by atoms with Crippen molar-refractivity contribution in [3.8, 4) is 0 Å². The molecule has 0 N–H and O–H groups in total. The van der Waals surface area contributed by atoms with E-state index >= 15 is 0 Å². The van der Waals surface area contributed by atoms with Gasteiger partial charge in [0.2, 0.25) is 10.0 Å². The highest BCUT2D eigenvalue weighted by Crippen LogP contribution is 2.35. The molecule has 0 amide bonds. The second kappa shape index (κ2) is 7.74. The summed E-state index contributed by atoms with van der Waals surface area (Å²) in [5.74, 6) is 0.283. The molecule has 0 spiro atoms. The summed E-state index contributed by atoms with van der Waals surface area (Å²) in [6, 6.07) is 2.22. The lowest BCUT2D eigenvalue weighted by Crippen LogP contribution is -2.43. The van der Waals surface area contributed by atoms with Gasteiger partial charge < -0.3 is 4.74 Å². The topological polar surface area (TPSA) is 67.7 Å². The zero-order valence-corrected chi connectivity index (χ0v) is 15.3. The molecular weight excluding hydrogens is 316 g/mol. The Morgan fingerprint density at radius 3 is 2.78 bits per heavy atom. The van der Waals surface area contributed by atoms with Crippen LogP contribution in [-0.4, -0.2) is 74.1 Å². The Bertz CT molecular complexity index is 602. The highest BCUT2D eigenvalue weighted by atomic mass is 32.2. The van der Waals surface area contributed by atoms with Crippen LogP contribution in [0.3, 0.4) is 0 Å². The summed E-state index contributed by atoms with van der Waals surface area (Å²) in [7, 11) is 3.95. The molecule has 2 atom stereocenters. The molecule has 0 saturated carbocycles. The molecule has 1 aliphatic rings. The first kappa shape index (κ1) is 18.4. The van der Waals surface area contributed by atoms with Crippen LogP contribution in [0.1, 0.15) is 24.6 Å². The summed E-state index contributed by atoms with van der Waals surface area (Å²) >= 11 is 0. The van der Waals surface area contributed by atoms with E-state index in [1.807, 2.05) is 17.8 Å². The van der Waals surface area contributed by atoms with Crippen molar-refractivity contribution in [1.82, 2.24) is 19.0 Å². The highest BCUT2D eigenvalue weighted by molar-refractivity contribution is 7.89. The molecule has 1 aromatic rings. The Labute approximate surface area is 139 Å². The van der Waals surface area contributed by atoms with E-state index < -0.39 is 10.0 Å². The van der Waals surface area contributed by atoms with Crippen LogP contribution in [0.25, 0.3) is 0 Å². The average Bonchev–Trinajstić information content (AvgIpc) is 2.91. The van der Waals surface area contributed by atoms with Gasteiger partial charge >= 0.3 is 0 Å². The van der Waals surface area contributed by atoms with Crippen LogP contribution in [-0.2, 0) is 21.8 Å². The molecule has 1 saturated heterocycles. The van der Waals surface area contributed by atoms with E-state index in [0.29, 0.717) is 6.54 Å². The molecule has 0 radical (unpaired) electrons. The van der Waals surface area contributed by atoms with E-state index in [-0.39, 0.29) is 24.3 Å². The Hall–Kier alpha value is -0.960. The lowest BCUT2D eigenvalue weighted by Gasteiger charge is -2.40. The van der Waals surface area contributed by atoms with E-state index in [9.17, 15) is 8.42 Å². The van der Waals surface area contributed by atoms with Gasteiger partial charge in [-0.15, -0.1) is 0 Å². The van der Waals surface area contributed by atoms with Gasteiger partial charge in [0.05, 0.1) is 24.1 Å². The van der Waals surface area contributed by atoms with Crippen LogP contribution in [0.5, 0.6) is 0 Å². The number of piperidine rings is 1. The van der Waals surface area contributed by atoms with Gasteiger partial charge in [-0.3, -0.25) is 9.58 Å². The number of aromatic nitrogens is 2. The van der Waals surface area contributed by atoms with E-state index in [2.05, 4.69) is 17.0 Å². The normalized spacial score (nSPS) is 23.5. The predicted octanol–water partition coefficient (Wildman–Crippen LogP) is 0.711. The van der Waals surface area contributed by atoms with E-state index in [4.69, 9.17) is 4.74 Å². The zero-order chi connectivity index (χ0) is 17.0. The van der Waals surface area contributed by atoms with Crippen molar-refractivity contribution in [3.63, 3.8) is 0 Å². The van der Waals surface area contributed by atoms with Crippen LogP contribution in [0.15, 0.2) is 12.3 Å². The molecule has 132 valence electrons. The number of likely N-dealkylation sites (tertiary alicyclic amines) is 1. The maximum Gasteiger partial charge on any atom is 0.216 e. The summed E-state index contributed by atoms with van der Waals surface area (Å²) in [6.45, 7) is 1.77. The minimum Gasteiger partial charge on any atom is -0.384 e. The van der Waals surface area contributed by atoms with Gasteiger partial charge in [0.25, 0.3) is 0 Å². The number of ether oxygens (including phenoxy) is 1. The van der Waals surface area contributed by atoms with E-state index in [0.717, 1.165) is 25.1 Å². The maximum absolute atomic E-state index is 12.3. The Balaban J connectivity index is 2.14. The van der Waals surface area contributed by atoms with Gasteiger partial charge in [-0.2, -0.15) is 5.10 Å². The summed E-state index contributed by atoms with van der Waals surface area (Å²) in [5, 5.41) is 4.27. The largest absolute Gasteiger partial charge is 0.384 e. The third kappa shape index (κ3) is 4.32. The van der Waals surface area contributed by atoms with Crippen LogP contribution >= 0.6 is 0 Å². The van der Waals surface area contributed by atoms with Crippen LogP contribution in [0, 0.1) is 5.92 Å². The molecule has 1 aliphatic heterocycles. The van der Waals surface area contributed by atoms with Crippen molar-refractivity contribution in [2.24, 2.45) is 13.0 Å². The first-order valence-corrected chi connectivity index (χ1v) is 9.59. The van der Waals surface area contributed by atoms with Crippen LogP contribution in [0.2, 0.25) is 0 Å². The maximum atomic E-state index is 12.3. The van der Waals surface area contributed by atoms with Crippen molar-refractivity contribution in [3.05, 3.63) is 18.0 Å². The quantitative estimate of drug-likeness (QED) is 0.729. The fourth-order valence-electron chi connectivity index (χ4n) is 3.38. The SMILES string of the molecule is COCCS(=O)(=O)N(C)C[C@@H]1CCCN(C)[C@H]1c1ccnn1C. The highest BCUT2D eigenvalue weighted by Gasteiger charge is 2.34. The summed E-state index contributed by atoms with van der Waals surface area (Å²) < 4.78 is 32.9. The van der Waals surface area contributed by atoms with Gasteiger partial charge in [0.15, 0.2) is 0 Å². The van der Waals surface area contributed by atoms with E-state index in [1.165, 1.54) is 11.4 Å². The van der Waals surface area contributed by atoms with Crippen molar-refractivity contribution in [2.45, 2.75) is 18.9 Å². The summed E-state index contributed by atoms with van der Waals surface area (Å²) in [6.07, 6.45) is 3.90. The molecule has 2 rings (SSSR count). The number of hydrogen-bond acceptors (Lipinski definition) is 5. The summed E-state index contributed by atoms with van der Waals surface area (Å²) in [4.78, 5) is 2.31. The Kier molecular flexibility index (Phi) is 6.19. The summed E-state index contributed by atoms with van der Waals surface area (Å²) in [5.41, 5.74) is 1.14. The number of sulfonamides is 1. The van der Waals surface area contributed by atoms with Gasteiger partial charge in [-0.05, 0) is 38.4 Å². The predicted molar refractivity (Wildman–Crippen MR) is 89.6 cm³/mol. The van der Waals surface area contributed by atoms with Crippen molar-refractivity contribution in [2.75, 3.05) is 46.7 Å². The van der Waals surface area contributed by atoms with Gasteiger partial charge in [0, 0.05) is 33.9 Å². The number of rotatable bonds is 7. The molecule has 0 aromatic carbocycles. The van der Waals surface area contributed by atoms with E-state index in [1.54, 1.807) is 13.2 Å². The lowest BCUT2D eigenvalue weighted by atomic mass is 9.87. The lowest BCUT2D eigenvalue weighted by molar-refractivity contribution is 0.103. The third-order valence-corrected chi connectivity index (χ3v) is 6.46.